The Labute approximate surface area is 238 Å². The molecule has 3 rings (SSSR count). The third kappa shape index (κ3) is 7.58. The Morgan fingerprint density at radius 3 is 2.13 bits per heavy atom. The second-order valence-corrected chi connectivity index (χ2v) is 12.2. The monoisotopic (exact) mass is 619 g/mol. The van der Waals surface area contributed by atoms with Crippen molar-refractivity contribution < 1.29 is 18.0 Å². The Morgan fingerprint density at radius 2 is 1.55 bits per heavy atom. The van der Waals surface area contributed by atoms with Crippen molar-refractivity contribution in [3.63, 3.8) is 0 Å². The van der Waals surface area contributed by atoms with E-state index in [1.165, 1.54) is 17.0 Å². The van der Waals surface area contributed by atoms with Crippen LogP contribution in [0.3, 0.4) is 0 Å². The maximum absolute atomic E-state index is 13.8. The number of nitrogens with zero attached hydrogens (tertiary/aromatic N) is 2. The number of benzene rings is 3. The van der Waals surface area contributed by atoms with Crippen LogP contribution in [0.5, 0.6) is 0 Å². The molecule has 0 fully saturated rings. The largest absolute Gasteiger partial charge is 0.352 e. The van der Waals surface area contributed by atoms with E-state index in [1.54, 1.807) is 49.4 Å². The van der Waals surface area contributed by atoms with Crippen molar-refractivity contribution in [3.05, 3.63) is 93.9 Å². The SMILES string of the molecule is CCC(C)NC(=O)C(C)N(Cc1ccc(Br)cc1)C(=O)CN(c1ccc(Cl)cc1)S(=O)(=O)c1ccccc1. The molecule has 10 heteroatoms. The van der Waals surface area contributed by atoms with E-state index < -0.39 is 28.5 Å². The number of amides is 2. The number of sulfonamides is 1. The molecule has 7 nitrogen and oxygen atoms in total. The highest BCUT2D eigenvalue weighted by atomic mass is 79.9. The highest BCUT2D eigenvalue weighted by Gasteiger charge is 2.32. The predicted molar refractivity (Wildman–Crippen MR) is 154 cm³/mol. The van der Waals surface area contributed by atoms with Crippen LogP contribution in [0.25, 0.3) is 0 Å². The van der Waals surface area contributed by atoms with Crippen molar-refractivity contribution in [2.45, 2.75) is 50.7 Å². The van der Waals surface area contributed by atoms with Crippen LogP contribution >= 0.6 is 27.5 Å². The van der Waals surface area contributed by atoms with Crippen molar-refractivity contribution in [2.75, 3.05) is 10.8 Å². The van der Waals surface area contributed by atoms with E-state index in [-0.39, 0.29) is 29.1 Å². The van der Waals surface area contributed by atoms with Crippen LogP contribution in [0, 0.1) is 0 Å². The molecule has 0 spiro atoms. The molecule has 2 unspecified atom stereocenters. The van der Waals surface area contributed by atoms with Crippen molar-refractivity contribution >= 4 is 55.1 Å². The maximum atomic E-state index is 13.8. The van der Waals surface area contributed by atoms with Crippen molar-refractivity contribution in [2.24, 2.45) is 0 Å². The minimum absolute atomic E-state index is 0.0461. The van der Waals surface area contributed by atoms with Crippen molar-refractivity contribution in [3.8, 4) is 0 Å². The highest BCUT2D eigenvalue weighted by Crippen LogP contribution is 2.26. The Kier molecular flexibility index (Phi) is 10.4. The first kappa shape index (κ1) is 29.7. The summed E-state index contributed by atoms with van der Waals surface area (Å²) in [7, 11) is -4.11. The van der Waals surface area contributed by atoms with Gasteiger partial charge in [0, 0.05) is 22.1 Å². The number of halogens is 2. The number of carbonyl (C=O) groups is 2. The zero-order chi connectivity index (χ0) is 27.9. The molecule has 3 aromatic rings. The summed E-state index contributed by atoms with van der Waals surface area (Å²) in [6, 6.07) is 20.6. The summed E-state index contributed by atoms with van der Waals surface area (Å²) >= 11 is 9.45. The smallest absolute Gasteiger partial charge is 0.264 e. The zero-order valence-corrected chi connectivity index (χ0v) is 24.6. The van der Waals surface area contributed by atoms with E-state index in [0.717, 1.165) is 20.8 Å². The molecule has 0 saturated heterocycles. The van der Waals surface area contributed by atoms with Gasteiger partial charge in [-0.1, -0.05) is 64.8 Å². The van der Waals surface area contributed by atoms with Crippen LogP contribution in [-0.4, -0.2) is 43.8 Å². The zero-order valence-electron chi connectivity index (χ0n) is 21.5. The molecular formula is C28H31BrClN3O4S. The average Bonchev–Trinajstić information content (AvgIpc) is 2.91. The molecule has 2 amide bonds. The lowest BCUT2D eigenvalue weighted by Crippen LogP contribution is -2.52. The first-order valence-corrected chi connectivity index (χ1v) is 14.8. The topological polar surface area (TPSA) is 86.8 Å². The number of anilines is 1. The van der Waals surface area contributed by atoms with E-state index in [0.29, 0.717) is 5.02 Å². The average molecular weight is 621 g/mol. The molecule has 2 atom stereocenters. The van der Waals surface area contributed by atoms with E-state index in [4.69, 9.17) is 11.6 Å². The molecule has 0 aliphatic heterocycles. The lowest BCUT2D eigenvalue weighted by Gasteiger charge is -2.32. The third-order valence-electron chi connectivity index (χ3n) is 6.16. The number of rotatable bonds is 11. The summed E-state index contributed by atoms with van der Waals surface area (Å²) < 4.78 is 29.3. The van der Waals surface area contributed by atoms with E-state index in [9.17, 15) is 18.0 Å². The highest BCUT2D eigenvalue weighted by molar-refractivity contribution is 9.10. The first-order valence-electron chi connectivity index (χ1n) is 12.2. The molecule has 38 heavy (non-hydrogen) atoms. The van der Waals surface area contributed by atoms with Crippen LogP contribution in [0.4, 0.5) is 5.69 Å². The third-order valence-corrected chi connectivity index (χ3v) is 8.73. The number of hydrogen-bond acceptors (Lipinski definition) is 4. The molecule has 0 heterocycles. The minimum atomic E-state index is -4.11. The van der Waals surface area contributed by atoms with Gasteiger partial charge in [0.25, 0.3) is 10.0 Å². The molecule has 0 saturated carbocycles. The number of carbonyl (C=O) groups excluding carboxylic acids is 2. The first-order chi connectivity index (χ1) is 18.0. The van der Waals surface area contributed by atoms with Crippen LogP contribution in [-0.2, 0) is 26.2 Å². The van der Waals surface area contributed by atoms with Gasteiger partial charge in [0.15, 0.2) is 0 Å². The summed E-state index contributed by atoms with van der Waals surface area (Å²) in [5.74, 6) is -0.831. The molecule has 0 aliphatic carbocycles. The number of nitrogens with one attached hydrogen (secondary N) is 1. The van der Waals surface area contributed by atoms with Gasteiger partial charge in [0.1, 0.15) is 12.6 Å². The summed E-state index contributed by atoms with van der Waals surface area (Å²) in [5.41, 5.74) is 1.08. The molecule has 1 N–H and O–H groups in total. The molecule has 0 aromatic heterocycles. The van der Waals surface area contributed by atoms with Crippen LogP contribution < -0.4 is 9.62 Å². The van der Waals surface area contributed by atoms with Crippen LogP contribution in [0.2, 0.25) is 5.02 Å². The van der Waals surface area contributed by atoms with Gasteiger partial charge < -0.3 is 10.2 Å². The van der Waals surface area contributed by atoms with Gasteiger partial charge in [-0.15, -0.1) is 0 Å². The van der Waals surface area contributed by atoms with Gasteiger partial charge in [-0.05, 0) is 74.4 Å². The fourth-order valence-corrected chi connectivity index (χ4v) is 5.52. The maximum Gasteiger partial charge on any atom is 0.264 e. The van der Waals surface area contributed by atoms with Gasteiger partial charge in [0.2, 0.25) is 11.8 Å². The summed E-state index contributed by atoms with van der Waals surface area (Å²) in [6.07, 6.45) is 0.735. The van der Waals surface area contributed by atoms with Gasteiger partial charge in [-0.2, -0.15) is 0 Å². The lowest BCUT2D eigenvalue weighted by molar-refractivity contribution is -0.139. The molecule has 202 valence electrons. The predicted octanol–water partition coefficient (Wildman–Crippen LogP) is 5.63. The van der Waals surface area contributed by atoms with Crippen LogP contribution in [0.1, 0.15) is 32.8 Å². The molecule has 0 bridgehead atoms. The molecular weight excluding hydrogens is 590 g/mol. The van der Waals surface area contributed by atoms with Crippen molar-refractivity contribution in [1.29, 1.82) is 0 Å². The standard InChI is InChI=1S/C28H31BrClN3O4S/c1-4-20(2)31-28(35)21(3)32(18-22-10-12-23(29)13-11-22)27(34)19-33(25-16-14-24(30)15-17-25)38(36,37)26-8-6-5-7-9-26/h5-17,20-21H,4,18-19H2,1-3H3,(H,31,35). The quantitative estimate of drug-likeness (QED) is 0.301. The molecule has 0 radical (unpaired) electrons. The van der Waals surface area contributed by atoms with Crippen LogP contribution in [0.15, 0.2) is 88.2 Å². The van der Waals surface area contributed by atoms with Gasteiger partial charge in [-0.25, -0.2) is 8.42 Å². The van der Waals surface area contributed by atoms with E-state index in [2.05, 4.69) is 21.2 Å². The van der Waals surface area contributed by atoms with Gasteiger partial charge in [0.05, 0.1) is 10.6 Å². The second-order valence-electron chi connectivity index (χ2n) is 8.94. The molecule has 3 aromatic carbocycles. The summed E-state index contributed by atoms with van der Waals surface area (Å²) in [4.78, 5) is 28.4. The Hall–Kier alpha value is -2.88. The van der Waals surface area contributed by atoms with Crippen molar-refractivity contribution in [1.82, 2.24) is 10.2 Å². The Bertz CT molecular complexity index is 1340. The summed E-state index contributed by atoms with van der Waals surface area (Å²) in [6.45, 7) is 5.11. The van der Waals surface area contributed by atoms with E-state index in [1.807, 2.05) is 38.1 Å². The normalized spacial score (nSPS) is 12.9. The fourth-order valence-electron chi connectivity index (χ4n) is 3.69. The van der Waals surface area contributed by atoms with E-state index >= 15 is 0 Å². The van der Waals surface area contributed by atoms with Gasteiger partial charge in [-0.3, -0.25) is 13.9 Å². The number of hydrogen-bond donors (Lipinski definition) is 1. The second kappa shape index (κ2) is 13.3. The summed E-state index contributed by atoms with van der Waals surface area (Å²) in [5, 5.41) is 3.35. The molecule has 0 aliphatic rings. The fraction of sp³-hybridized carbons (Fsp3) is 0.286. The van der Waals surface area contributed by atoms with Gasteiger partial charge >= 0.3 is 0 Å². The Morgan fingerprint density at radius 1 is 0.947 bits per heavy atom. The minimum Gasteiger partial charge on any atom is -0.352 e. The Balaban J connectivity index is 2.00. The lowest BCUT2D eigenvalue weighted by atomic mass is 10.1.